The first kappa shape index (κ1) is 21.1. The largest absolute Gasteiger partial charge is 0.484 e. The van der Waals surface area contributed by atoms with Crippen LogP contribution < -0.4 is 10.1 Å². The van der Waals surface area contributed by atoms with Crippen LogP contribution in [0.15, 0.2) is 12.1 Å². The third kappa shape index (κ3) is 7.57. The molecular formula is C22H34ClNO2. The number of nitrogens with one attached hydrogen (secondary N) is 1. The predicted octanol–water partition coefficient (Wildman–Crippen LogP) is 6.13. The quantitative estimate of drug-likeness (QED) is 0.683. The lowest BCUT2D eigenvalue weighted by molar-refractivity contribution is -0.123. The molecule has 1 amide bonds. The van der Waals surface area contributed by atoms with Crippen LogP contribution in [-0.2, 0) is 4.79 Å². The van der Waals surface area contributed by atoms with Crippen molar-refractivity contribution in [2.75, 3.05) is 6.61 Å². The summed E-state index contributed by atoms with van der Waals surface area (Å²) in [4.78, 5) is 12.3. The highest BCUT2D eigenvalue weighted by Gasteiger charge is 2.13. The Hall–Kier alpha value is -1.22. The average molecular weight is 380 g/mol. The molecule has 0 aromatic heterocycles. The highest BCUT2D eigenvalue weighted by Crippen LogP contribution is 2.25. The topological polar surface area (TPSA) is 38.3 Å². The lowest BCUT2D eigenvalue weighted by Gasteiger charge is -2.20. The van der Waals surface area contributed by atoms with Crippen LogP contribution in [-0.4, -0.2) is 18.6 Å². The number of hydrogen-bond acceptors (Lipinski definition) is 2. The number of carbonyl (C=O) groups is 1. The minimum Gasteiger partial charge on any atom is -0.484 e. The van der Waals surface area contributed by atoms with E-state index in [1.54, 1.807) is 0 Å². The van der Waals surface area contributed by atoms with E-state index in [1.807, 2.05) is 26.0 Å². The van der Waals surface area contributed by atoms with Gasteiger partial charge in [0.1, 0.15) is 5.75 Å². The molecule has 0 bridgehead atoms. The number of ether oxygens (including phenoxy) is 1. The zero-order valence-electron chi connectivity index (χ0n) is 16.4. The van der Waals surface area contributed by atoms with Crippen molar-refractivity contribution in [3.8, 4) is 5.75 Å². The molecule has 0 radical (unpaired) electrons. The standard InChI is InChI=1S/C22H34ClNO2/c1-17-14-20(15-18(2)22(17)23)26-16-21(25)24-19-12-10-8-6-4-3-5-7-9-11-13-19/h14-15,19H,3-13,16H2,1-2H3,(H,24,25). The molecule has 3 nitrogen and oxygen atoms in total. The zero-order chi connectivity index (χ0) is 18.8. The van der Waals surface area contributed by atoms with E-state index in [0.29, 0.717) is 11.8 Å². The van der Waals surface area contributed by atoms with Crippen molar-refractivity contribution in [3.63, 3.8) is 0 Å². The maximum absolute atomic E-state index is 12.3. The number of amides is 1. The Morgan fingerprint density at radius 3 is 1.92 bits per heavy atom. The van der Waals surface area contributed by atoms with Crippen molar-refractivity contribution >= 4 is 17.5 Å². The first-order chi connectivity index (χ1) is 12.6. The van der Waals surface area contributed by atoms with Crippen LogP contribution in [0.3, 0.4) is 0 Å². The Balaban J connectivity index is 1.80. The summed E-state index contributed by atoms with van der Waals surface area (Å²) in [6.45, 7) is 3.97. The van der Waals surface area contributed by atoms with Gasteiger partial charge in [0, 0.05) is 11.1 Å². The monoisotopic (exact) mass is 379 g/mol. The van der Waals surface area contributed by atoms with Crippen molar-refractivity contribution in [2.45, 2.75) is 90.5 Å². The maximum Gasteiger partial charge on any atom is 0.258 e. The number of rotatable bonds is 4. The zero-order valence-corrected chi connectivity index (χ0v) is 17.2. The number of benzene rings is 1. The molecule has 1 aliphatic rings. The van der Waals surface area contributed by atoms with E-state index in [1.165, 1.54) is 57.8 Å². The van der Waals surface area contributed by atoms with Gasteiger partial charge in [-0.05, 0) is 49.9 Å². The van der Waals surface area contributed by atoms with Gasteiger partial charge in [-0.25, -0.2) is 0 Å². The molecule has 1 N–H and O–H groups in total. The van der Waals surface area contributed by atoms with Gasteiger partial charge in [0.05, 0.1) is 0 Å². The van der Waals surface area contributed by atoms with Crippen molar-refractivity contribution in [2.24, 2.45) is 0 Å². The van der Waals surface area contributed by atoms with Gasteiger partial charge in [-0.3, -0.25) is 4.79 Å². The van der Waals surface area contributed by atoms with E-state index in [9.17, 15) is 4.79 Å². The van der Waals surface area contributed by atoms with E-state index in [4.69, 9.17) is 16.3 Å². The van der Waals surface area contributed by atoms with E-state index in [0.717, 1.165) is 29.0 Å². The molecule has 2 rings (SSSR count). The Bertz CT molecular complexity index is 538. The second-order valence-electron chi connectivity index (χ2n) is 7.68. The minimum absolute atomic E-state index is 0.0210. The summed E-state index contributed by atoms with van der Waals surface area (Å²) in [6.07, 6.45) is 14.0. The van der Waals surface area contributed by atoms with Gasteiger partial charge in [-0.1, -0.05) is 69.4 Å². The Morgan fingerprint density at radius 2 is 1.42 bits per heavy atom. The first-order valence-corrected chi connectivity index (χ1v) is 10.6. The molecule has 1 fully saturated rings. The highest BCUT2D eigenvalue weighted by atomic mass is 35.5. The Kier molecular flexibility index (Phi) is 9.31. The summed E-state index contributed by atoms with van der Waals surface area (Å²) >= 11 is 6.18. The third-order valence-corrected chi connectivity index (χ3v) is 5.85. The molecule has 1 saturated carbocycles. The fraction of sp³-hybridized carbons (Fsp3) is 0.682. The fourth-order valence-electron chi connectivity index (χ4n) is 3.72. The second-order valence-corrected chi connectivity index (χ2v) is 8.06. The van der Waals surface area contributed by atoms with E-state index < -0.39 is 0 Å². The lowest BCUT2D eigenvalue weighted by atomic mass is 9.98. The molecule has 146 valence electrons. The molecule has 0 atom stereocenters. The van der Waals surface area contributed by atoms with Crippen LogP contribution in [0.2, 0.25) is 5.02 Å². The van der Waals surface area contributed by atoms with Gasteiger partial charge < -0.3 is 10.1 Å². The number of halogens is 1. The number of hydrogen-bond donors (Lipinski definition) is 1. The van der Waals surface area contributed by atoms with Crippen LogP contribution in [0.5, 0.6) is 5.75 Å². The first-order valence-electron chi connectivity index (χ1n) is 10.2. The average Bonchev–Trinajstić information content (AvgIpc) is 2.60. The molecular weight excluding hydrogens is 346 g/mol. The molecule has 0 saturated heterocycles. The molecule has 4 heteroatoms. The molecule has 0 heterocycles. The van der Waals surface area contributed by atoms with Crippen molar-refractivity contribution < 1.29 is 9.53 Å². The van der Waals surface area contributed by atoms with Gasteiger partial charge in [0.2, 0.25) is 0 Å². The minimum atomic E-state index is -0.0210. The normalized spacial score (nSPS) is 17.8. The molecule has 0 unspecified atom stereocenters. The molecule has 0 aliphatic heterocycles. The summed E-state index contributed by atoms with van der Waals surface area (Å²) in [5, 5.41) is 3.95. The van der Waals surface area contributed by atoms with E-state index in [-0.39, 0.29) is 12.5 Å². The van der Waals surface area contributed by atoms with Gasteiger partial charge in [0.25, 0.3) is 5.91 Å². The van der Waals surface area contributed by atoms with Gasteiger partial charge in [-0.2, -0.15) is 0 Å². The maximum atomic E-state index is 12.3. The fourth-order valence-corrected chi connectivity index (χ4v) is 3.82. The van der Waals surface area contributed by atoms with Crippen molar-refractivity contribution in [1.82, 2.24) is 5.32 Å². The molecule has 1 aromatic rings. The Labute approximate surface area is 163 Å². The number of carbonyl (C=O) groups excluding carboxylic acids is 1. The van der Waals surface area contributed by atoms with Gasteiger partial charge >= 0.3 is 0 Å². The third-order valence-electron chi connectivity index (χ3n) is 5.25. The molecule has 26 heavy (non-hydrogen) atoms. The smallest absolute Gasteiger partial charge is 0.258 e. The van der Waals surface area contributed by atoms with Gasteiger partial charge in [-0.15, -0.1) is 0 Å². The molecule has 1 aliphatic carbocycles. The summed E-state index contributed by atoms with van der Waals surface area (Å²) in [5.41, 5.74) is 1.95. The predicted molar refractivity (Wildman–Crippen MR) is 109 cm³/mol. The molecule has 1 aromatic carbocycles. The van der Waals surface area contributed by atoms with E-state index in [2.05, 4.69) is 5.32 Å². The van der Waals surface area contributed by atoms with Crippen LogP contribution in [0.1, 0.15) is 81.8 Å². The van der Waals surface area contributed by atoms with Crippen LogP contribution in [0.25, 0.3) is 0 Å². The summed E-state index contributed by atoms with van der Waals surface area (Å²) in [5.74, 6) is 0.686. The van der Waals surface area contributed by atoms with Crippen LogP contribution >= 0.6 is 11.6 Å². The SMILES string of the molecule is Cc1cc(OCC(=O)NC2CCCCCCCCCCC2)cc(C)c1Cl. The second kappa shape index (κ2) is 11.5. The van der Waals surface area contributed by atoms with Crippen molar-refractivity contribution in [3.05, 3.63) is 28.3 Å². The van der Waals surface area contributed by atoms with Crippen LogP contribution in [0.4, 0.5) is 0 Å². The lowest BCUT2D eigenvalue weighted by Crippen LogP contribution is -2.38. The van der Waals surface area contributed by atoms with Crippen LogP contribution in [0, 0.1) is 13.8 Å². The Morgan fingerprint density at radius 1 is 0.962 bits per heavy atom. The number of aryl methyl sites for hydroxylation is 2. The highest BCUT2D eigenvalue weighted by molar-refractivity contribution is 6.32. The summed E-state index contributed by atoms with van der Waals surface area (Å²) < 4.78 is 5.69. The summed E-state index contributed by atoms with van der Waals surface area (Å²) in [6, 6.07) is 4.07. The summed E-state index contributed by atoms with van der Waals surface area (Å²) in [7, 11) is 0. The molecule has 0 spiro atoms. The van der Waals surface area contributed by atoms with Gasteiger partial charge in [0.15, 0.2) is 6.61 Å². The van der Waals surface area contributed by atoms with E-state index >= 15 is 0 Å². The van der Waals surface area contributed by atoms with Crippen molar-refractivity contribution in [1.29, 1.82) is 0 Å².